The minimum Gasteiger partial charge on any atom is -0.457 e. The summed E-state index contributed by atoms with van der Waals surface area (Å²) in [4.78, 5) is 4.81. The van der Waals surface area contributed by atoms with E-state index in [-0.39, 0.29) is 10.8 Å². The summed E-state index contributed by atoms with van der Waals surface area (Å²) >= 11 is 0. The van der Waals surface area contributed by atoms with Gasteiger partial charge in [-0.25, -0.2) is 9.67 Å². The summed E-state index contributed by atoms with van der Waals surface area (Å²) in [6.45, 7) is 25.2. The first kappa shape index (κ1) is 34.3. The van der Waals surface area contributed by atoms with Crippen molar-refractivity contribution in [1.29, 1.82) is 0 Å². The summed E-state index contributed by atoms with van der Waals surface area (Å²) in [6.07, 6.45) is 6.11. The van der Waals surface area contributed by atoms with Crippen LogP contribution in [0.3, 0.4) is 0 Å². The van der Waals surface area contributed by atoms with Crippen molar-refractivity contribution < 1.29 is 4.74 Å². The Bertz CT molecular complexity index is 2390. The smallest absolute Gasteiger partial charge is 0.137 e. The van der Waals surface area contributed by atoms with E-state index in [4.69, 9.17) is 14.8 Å². The number of pyridine rings is 1. The predicted octanol–water partition coefficient (Wildman–Crippen LogP) is 12.5. The van der Waals surface area contributed by atoms with E-state index in [1.807, 2.05) is 29.2 Å². The molecule has 5 heteroatoms. The highest BCUT2D eigenvalue weighted by atomic mass is 16.5. The fourth-order valence-corrected chi connectivity index (χ4v) is 7.91. The van der Waals surface area contributed by atoms with Crippen LogP contribution in [0.4, 0.5) is 0 Å². The highest BCUT2D eigenvalue weighted by Crippen LogP contribution is 2.45. The van der Waals surface area contributed by atoms with Crippen molar-refractivity contribution >= 4 is 21.8 Å². The van der Waals surface area contributed by atoms with Crippen molar-refractivity contribution in [3.05, 3.63) is 131 Å². The molecule has 0 amide bonds. The van der Waals surface area contributed by atoms with Crippen molar-refractivity contribution in [2.45, 2.75) is 92.9 Å². The topological polar surface area (TPSA) is 44.9 Å². The normalized spacial score (nSPS) is 12.4. The predicted molar refractivity (Wildman–Crippen MR) is 213 cm³/mol. The van der Waals surface area contributed by atoms with Crippen LogP contribution in [0.25, 0.3) is 44.4 Å². The van der Waals surface area contributed by atoms with Crippen LogP contribution in [0, 0.1) is 20.8 Å². The molecule has 0 aliphatic heterocycles. The zero-order chi connectivity index (χ0) is 36.4. The Morgan fingerprint density at radius 3 is 2.02 bits per heavy atom. The molecule has 0 atom stereocenters. The number of rotatable bonds is 6. The van der Waals surface area contributed by atoms with Crippen LogP contribution in [0.5, 0.6) is 11.5 Å². The quantitative estimate of drug-likeness (QED) is 0.176. The maximum absolute atomic E-state index is 6.59. The average molecular weight is 675 g/mol. The van der Waals surface area contributed by atoms with Gasteiger partial charge in [-0.2, -0.15) is 5.10 Å². The van der Waals surface area contributed by atoms with E-state index in [0.29, 0.717) is 5.92 Å². The maximum atomic E-state index is 6.59. The number of hydrogen-bond donors (Lipinski definition) is 0. The first-order chi connectivity index (χ1) is 24.1. The largest absolute Gasteiger partial charge is 0.457 e. The highest BCUT2D eigenvalue weighted by Gasteiger charge is 2.31. The van der Waals surface area contributed by atoms with E-state index in [2.05, 4.69) is 154 Å². The second kappa shape index (κ2) is 12.6. The van der Waals surface area contributed by atoms with Crippen LogP contribution in [-0.2, 0) is 10.8 Å². The van der Waals surface area contributed by atoms with Crippen molar-refractivity contribution in [3.63, 3.8) is 0 Å². The minimum atomic E-state index is -0.0339. The Morgan fingerprint density at radius 1 is 0.667 bits per heavy atom. The number of hydrogen-bond acceptors (Lipinski definition) is 3. The lowest BCUT2D eigenvalue weighted by Gasteiger charge is -2.34. The first-order valence-electron chi connectivity index (χ1n) is 18.1. The summed E-state index contributed by atoms with van der Waals surface area (Å²) in [5.74, 6) is 2.83. The Labute approximate surface area is 302 Å². The summed E-state index contributed by atoms with van der Waals surface area (Å²) < 4.78 is 10.8. The summed E-state index contributed by atoms with van der Waals surface area (Å²) in [5, 5.41) is 7.28. The zero-order valence-corrected chi connectivity index (χ0v) is 32.0. The molecule has 7 rings (SSSR count). The molecule has 0 fully saturated rings. The molecule has 0 bridgehead atoms. The number of aromatic nitrogens is 4. The van der Waals surface area contributed by atoms with Gasteiger partial charge in [-0.15, -0.1) is 0 Å². The third kappa shape index (κ3) is 6.13. The zero-order valence-electron chi connectivity index (χ0n) is 32.0. The molecule has 7 aromatic rings. The van der Waals surface area contributed by atoms with Crippen LogP contribution in [0.2, 0.25) is 0 Å². The standard InChI is InChI=1S/C46H50N4O/c1-28(2)32-21-22-47-41(23-32)50-39-18-13-12-17-37(39)38-20-19-36(25-40(38)50)51-35-16-14-15-34(24-35)49-27-33(26-48-49)42-43(45(6,7)8)30(4)29(3)31(5)44(42)46(9,10)11/h12-28H,1-11H3. The molecular formula is C46H50N4O. The van der Waals surface area contributed by atoms with E-state index < -0.39 is 0 Å². The second-order valence-electron chi connectivity index (χ2n) is 16.4. The van der Waals surface area contributed by atoms with Gasteiger partial charge in [0.25, 0.3) is 0 Å². The van der Waals surface area contributed by atoms with Crippen molar-refractivity contribution in [2.75, 3.05) is 0 Å². The SMILES string of the molecule is Cc1c(C)c(C(C)(C)C)c(-c2cnn(-c3cccc(Oc4ccc5c6ccccc6n(-c6cc(C(C)C)ccn6)c5c4)c3)c2)c(C(C)(C)C)c1C. The van der Waals surface area contributed by atoms with E-state index in [9.17, 15) is 0 Å². The van der Waals surface area contributed by atoms with Gasteiger partial charge in [0.2, 0.25) is 0 Å². The molecule has 4 aromatic carbocycles. The van der Waals surface area contributed by atoms with Gasteiger partial charge in [-0.3, -0.25) is 4.57 Å². The number of nitrogens with zero attached hydrogens (tertiary/aromatic N) is 4. The summed E-state index contributed by atoms with van der Waals surface area (Å²) in [5.41, 5.74) is 13.7. The van der Waals surface area contributed by atoms with Gasteiger partial charge < -0.3 is 4.74 Å². The lowest BCUT2D eigenvalue weighted by atomic mass is 9.70. The van der Waals surface area contributed by atoms with Crippen molar-refractivity contribution in [2.24, 2.45) is 0 Å². The van der Waals surface area contributed by atoms with Gasteiger partial charge in [0.15, 0.2) is 0 Å². The summed E-state index contributed by atoms with van der Waals surface area (Å²) in [7, 11) is 0. The Balaban J connectivity index is 1.28. The Kier molecular flexibility index (Phi) is 8.45. The van der Waals surface area contributed by atoms with Gasteiger partial charge in [0.1, 0.15) is 17.3 Å². The fourth-order valence-electron chi connectivity index (χ4n) is 7.91. The molecule has 0 spiro atoms. The van der Waals surface area contributed by atoms with Gasteiger partial charge >= 0.3 is 0 Å². The first-order valence-corrected chi connectivity index (χ1v) is 18.1. The van der Waals surface area contributed by atoms with Gasteiger partial charge in [0, 0.05) is 40.9 Å². The molecule has 51 heavy (non-hydrogen) atoms. The summed E-state index contributed by atoms with van der Waals surface area (Å²) in [6, 6.07) is 27.3. The molecule has 0 aliphatic carbocycles. The van der Waals surface area contributed by atoms with Crippen LogP contribution in [-0.4, -0.2) is 19.3 Å². The third-order valence-corrected chi connectivity index (χ3v) is 10.4. The van der Waals surface area contributed by atoms with E-state index in [1.165, 1.54) is 49.7 Å². The van der Waals surface area contributed by atoms with Gasteiger partial charge in [-0.1, -0.05) is 79.7 Å². The number of benzene rings is 4. The average Bonchev–Trinajstić information content (AvgIpc) is 3.69. The number of ether oxygens (including phenoxy) is 1. The molecule has 0 unspecified atom stereocenters. The molecule has 0 aliphatic rings. The molecule has 0 saturated heterocycles. The van der Waals surface area contributed by atoms with Crippen LogP contribution in [0.15, 0.2) is 97.5 Å². The van der Waals surface area contributed by atoms with Crippen LogP contribution >= 0.6 is 0 Å². The molecule has 3 aromatic heterocycles. The molecular weight excluding hydrogens is 625 g/mol. The molecule has 0 saturated carbocycles. The molecule has 5 nitrogen and oxygen atoms in total. The van der Waals surface area contributed by atoms with E-state index in [0.717, 1.165) is 39.6 Å². The third-order valence-electron chi connectivity index (χ3n) is 10.4. The Hall–Kier alpha value is -5.16. The monoisotopic (exact) mass is 674 g/mol. The molecule has 0 N–H and O–H groups in total. The number of fused-ring (bicyclic) bond motifs is 3. The second-order valence-corrected chi connectivity index (χ2v) is 16.4. The van der Waals surface area contributed by atoms with Crippen LogP contribution in [0.1, 0.15) is 94.7 Å². The lowest BCUT2D eigenvalue weighted by Crippen LogP contribution is -2.23. The molecule has 0 radical (unpaired) electrons. The van der Waals surface area contributed by atoms with E-state index >= 15 is 0 Å². The molecule has 3 heterocycles. The Morgan fingerprint density at radius 2 is 1.33 bits per heavy atom. The van der Waals surface area contributed by atoms with Gasteiger partial charge in [0.05, 0.1) is 22.9 Å². The maximum Gasteiger partial charge on any atom is 0.137 e. The fraction of sp³-hybridized carbons (Fsp3) is 0.304. The minimum absolute atomic E-state index is 0.0339. The lowest BCUT2D eigenvalue weighted by molar-refractivity contribution is 0.483. The number of para-hydroxylation sites is 1. The van der Waals surface area contributed by atoms with Crippen LogP contribution < -0.4 is 4.74 Å². The highest BCUT2D eigenvalue weighted by molar-refractivity contribution is 6.09. The van der Waals surface area contributed by atoms with Crippen molar-refractivity contribution in [3.8, 4) is 34.1 Å². The molecule has 260 valence electrons. The van der Waals surface area contributed by atoms with E-state index in [1.54, 1.807) is 0 Å². The van der Waals surface area contributed by atoms with Gasteiger partial charge in [-0.05, 0) is 119 Å². The van der Waals surface area contributed by atoms with Crippen molar-refractivity contribution in [1.82, 2.24) is 19.3 Å².